The number of rotatable bonds is 4. The Hall–Kier alpha value is -1.97. The van der Waals surface area contributed by atoms with Gasteiger partial charge in [-0.3, -0.25) is 9.98 Å². The number of pyridine rings is 1. The molecule has 0 bridgehead atoms. The molecule has 6 heteroatoms. The summed E-state index contributed by atoms with van der Waals surface area (Å²) in [7, 11) is 9.53. The summed E-state index contributed by atoms with van der Waals surface area (Å²) in [5, 5.41) is 0. The van der Waals surface area contributed by atoms with Gasteiger partial charge < -0.3 is 0 Å². The zero-order chi connectivity index (χ0) is 23.5. The third kappa shape index (κ3) is 11.9. The first kappa shape index (κ1) is 29.0. The van der Waals surface area contributed by atoms with Crippen molar-refractivity contribution in [3.63, 3.8) is 0 Å². The fraction of sp³-hybridized carbons (Fsp3) is 0.240. The van der Waals surface area contributed by atoms with Crippen LogP contribution in [0.4, 0.5) is 11.4 Å². The maximum absolute atomic E-state index is 4.76. The van der Waals surface area contributed by atoms with Crippen molar-refractivity contribution in [2.75, 3.05) is 0 Å². The zero-order valence-electron chi connectivity index (χ0n) is 19.0. The molecule has 0 fully saturated rings. The normalized spacial score (nSPS) is 10.6. The minimum atomic E-state index is 0.194. The summed E-state index contributed by atoms with van der Waals surface area (Å²) >= 11 is 0.194. The van der Waals surface area contributed by atoms with E-state index >= 15 is 0 Å². The summed E-state index contributed by atoms with van der Waals surface area (Å²) in [4.78, 5) is 14.0. The van der Waals surface area contributed by atoms with Gasteiger partial charge in [0.1, 0.15) is 0 Å². The van der Waals surface area contributed by atoms with Gasteiger partial charge in [0.15, 0.2) is 0 Å². The predicted molar refractivity (Wildman–Crippen MR) is 135 cm³/mol. The second-order valence-electron chi connectivity index (χ2n) is 5.52. The number of nitrogens with zero attached hydrogens (tertiary/aromatic N) is 3. The summed E-state index contributed by atoms with van der Waals surface area (Å²) in [6, 6.07) is 25.7. The first-order chi connectivity index (χ1) is 15.1. The molecule has 0 aliphatic carbocycles. The Morgan fingerprint density at radius 3 is 1.26 bits per heavy atom. The Balaban J connectivity index is 0.00000116. The molecule has 0 aliphatic rings. The molecule has 1 heterocycles. The van der Waals surface area contributed by atoms with E-state index in [2.05, 4.69) is 9.98 Å². The van der Waals surface area contributed by atoms with Gasteiger partial charge in [-0.2, -0.15) is 0 Å². The third-order valence-electron chi connectivity index (χ3n) is 3.60. The van der Waals surface area contributed by atoms with Crippen LogP contribution in [0, 0.1) is 0 Å². The van der Waals surface area contributed by atoms with Gasteiger partial charge in [-0.1, -0.05) is 70.2 Å². The van der Waals surface area contributed by atoms with Crippen molar-refractivity contribution in [2.45, 2.75) is 41.5 Å². The van der Waals surface area contributed by atoms with Crippen LogP contribution in [-0.2, 0) is 13.1 Å². The van der Waals surface area contributed by atoms with E-state index in [0.717, 1.165) is 34.2 Å². The third-order valence-corrected chi connectivity index (χ3v) is 3.60. The first-order valence-corrected chi connectivity index (χ1v) is 13.2. The molecule has 3 rings (SSSR count). The molecule has 0 aliphatic heterocycles. The molecule has 0 spiro atoms. The summed E-state index contributed by atoms with van der Waals surface area (Å²) < 4.78 is 0. The van der Waals surface area contributed by atoms with Crippen molar-refractivity contribution >= 4 is 43.0 Å². The molecule has 0 unspecified atom stereocenters. The van der Waals surface area contributed by atoms with Crippen LogP contribution in [0.2, 0.25) is 0 Å². The quantitative estimate of drug-likeness (QED) is 0.261. The number of aliphatic imine (C=N–C) groups is 2. The molecule has 168 valence electrons. The summed E-state index contributed by atoms with van der Waals surface area (Å²) in [6.45, 7) is 11.9. The molecular formula is C25H31Cl2FeN3. The van der Waals surface area contributed by atoms with Crippen molar-refractivity contribution in [3.05, 3.63) is 90.3 Å². The molecule has 3 aromatic rings. The standard InChI is InChI=1S/C21H19N3.2C2H6.2ClH.Fe/c1-16(22-18-10-5-3-6-11-18)20-14-9-15-21(24-20)17(2)23-19-12-7-4-8-13-19;2*1-2;;;/h3-15H,1-2H3;2*1-2H3;2*1H;/q;;;;;+2/p-2. The number of para-hydroxylation sites is 2. The van der Waals surface area contributed by atoms with E-state index in [0.29, 0.717) is 0 Å². The minimum absolute atomic E-state index is 0.194. The van der Waals surface area contributed by atoms with Crippen LogP contribution in [0.1, 0.15) is 52.9 Å². The van der Waals surface area contributed by atoms with Gasteiger partial charge in [0.2, 0.25) is 0 Å². The molecule has 0 atom stereocenters. The van der Waals surface area contributed by atoms with E-state index in [1.807, 2.05) is 120 Å². The molecule has 1 aromatic heterocycles. The van der Waals surface area contributed by atoms with Crippen LogP contribution < -0.4 is 0 Å². The van der Waals surface area contributed by atoms with Crippen LogP contribution >= 0.6 is 20.2 Å². The Bertz CT molecular complexity index is 828. The Labute approximate surface area is 202 Å². The van der Waals surface area contributed by atoms with Gasteiger partial charge in [0.05, 0.1) is 34.2 Å². The van der Waals surface area contributed by atoms with Gasteiger partial charge in [-0.25, -0.2) is 4.98 Å². The molecule has 0 saturated carbocycles. The fourth-order valence-corrected chi connectivity index (χ4v) is 2.34. The average Bonchev–Trinajstić information content (AvgIpc) is 2.83. The molecule has 0 saturated heterocycles. The number of benzene rings is 2. The second kappa shape index (κ2) is 18.8. The number of aromatic nitrogens is 1. The zero-order valence-corrected chi connectivity index (χ0v) is 21.6. The van der Waals surface area contributed by atoms with Crippen LogP contribution in [0.25, 0.3) is 0 Å². The van der Waals surface area contributed by atoms with Gasteiger partial charge >= 0.3 is 33.3 Å². The van der Waals surface area contributed by atoms with Crippen molar-refractivity contribution < 1.29 is 13.1 Å². The summed E-state index contributed by atoms with van der Waals surface area (Å²) in [5.74, 6) is 0. The van der Waals surface area contributed by atoms with Gasteiger partial charge in [0.25, 0.3) is 0 Å². The molecule has 2 aromatic carbocycles. The summed E-state index contributed by atoms with van der Waals surface area (Å²) in [6.07, 6.45) is 0. The van der Waals surface area contributed by atoms with Crippen LogP contribution in [0.5, 0.6) is 0 Å². The number of hydrogen-bond donors (Lipinski definition) is 0. The SMILES string of the molecule is CC.CC.CC(=Nc1ccccc1)c1cccc(C(C)=Nc2ccccc2)n1.[Cl][Fe][Cl]. The average molecular weight is 500 g/mol. The Morgan fingerprint density at radius 1 is 0.613 bits per heavy atom. The van der Waals surface area contributed by atoms with Crippen molar-refractivity contribution in [1.29, 1.82) is 0 Å². The number of hydrogen-bond acceptors (Lipinski definition) is 3. The molecular weight excluding hydrogens is 469 g/mol. The van der Waals surface area contributed by atoms with E-state index in [1.165, 1.54) is 0 Å². The van der Waals surface area contributed by atoms with E-state index in [4.69, 9.17) is 25.2 Å². The molecule has 0 N–H and O–H groups in total. The van der Waals surface area contributed by atoms with Crippen LogP contribution in [-0.4, -0.2) is 16.4 Å². The topological polar surface area (TPSA) is 37.6 Å². The Morgan fingerprint density at radius 2 is 0.935 bits per heavy atom. The monoisotopic (exact) mass is 499 g/mol. The van der Waals surface area contributed by atoms with Gasteiger partial charge in [-0.15, -0.1) is 0 Å². The van der Waals surface area contributed by atoms with Crippen molar-refractivity contribution in [2.24, 2.45) is 9.98 Å². The predicted octanol–water partition coefficient (Wildman–Crippen LogP) is 8.79. The van der Waals surface area contributed by atoms with Crippen LogP contribution in [0.15, 0.2) is 88.8 Å². The molecule has 3 nitrogen and oxygen atoms in total. The Kier molecular flexibility index (Phi) is 17.6. The fourth-order valence-electron chi connectivity index (χ4n) is 2.34. The molecule has 0 radical (unpaired) electrons. The van der Waals surface area contributed by atoms with Crippen molar-refractivity contribution in [3.8, 4) is 0 Å². The van der Waals surface area contributed by atoms with E-state index in [-0.39, 0.29) is 13.1 Å². The number of halogens is 2. The van der Waals surface area contributed by atoms with E-state index in [1.54, 1.807) is 0 Å². The second-order valence-corrected chi connectivity index (χ2v) is 7.35. The maximum atomic E-state index is 4.76. The first-order valence-electron chi connectivity index (χ1n) is 10.2. The van der Waals surface area contributed by atoms with Crippen LogP contribution in [0.3, 0.4) is 0 Å². The van der Waals surface area contributed by atoms with Crippen molar-refractivity contribution in [1.82, 2.24) is 4.98 Å². The molecule has 31 heavy (non-hydrogen) atoms. The van der Waals surface area contributed by atoms with Gasteiger partial charge in [0, 0.05) is 0 Å². The van der Waals surface area contributed by atoms with Gasteiger partial charge in [-0.05, 0) is 50.2 Å². The molecule has 0 amide bonds. The van der Waals surface area contributed by atoms with E-state index in [9.17, 15) is 0 Å². The van der Waals surface area contributed by atoms with E-state index < -0.39 is 0 Å². The summed E-state index contributed by atoms with van der Waals surface area (Å²) in [5.41, 5.74) is 5.35.